The molecule has 4 saturated carbocycles. The summed E-state index contributed by atoms with van der Waals surface area (Å²) in [4.78, 5) is 77.0. The third-order valence-electron chi connectivity index (χ3n) is 11.6. The van der Waals surface area contributed by atoms with Gasteiger partial charge in [-0.25, -0.2) is 29.0 Å². The van der Waals surface area contributed by atoms with Gasteiger partial charge in [0.1, 0.15) is 23.4 Å². The van der Waals surface area contributed by atoms with E-state index in [1.165, 1.54) is 50.9 Å². The van der Waals surface area contributed by atoms with E-state index in [0.29, 0.717) is 41.6 Å². The Morgan fingerprint density at radius 2 is 1.57 bits per heavy atom. The average molecular weight is 850 g/mol. The highest BCUT2D eigenvalue weighted by atomic mass is 35.5. The fourth-order valence-corrected chi connectivity index (χ4v) is 9.16. The molecule has 0 saturated heterocycles. The van der Waals surface area contributed by atoms with Crippen LogP contribution in [0.3, 0.4) is 0 Å². The number of hydrogen-bond acceptors (Lipinski definition) is 17. The first kappa shape index (κ1) is 46.7. The summed E-state index contributed by atoms with van der Waals surface area (Å²) in [5.74, 6) is -3.96. The number of benzene rings is 2. The molecule has 0 spiro atoms. The standard InChI is InChI=1S/C40H55N5O11S.ClH/c1-20-10-27(46)7-6-24(20)14-28(41)35(48)52-30-16-25(21(2)32(53-31(47)19-45-4)33(30)54-37(50)39(3,44)8-9-57-5)15-29(42)36(49)55-56-38(51)40-17-22-11-23(18-40)13-26(12-22)34(40)43;/h6-7,10,16,22-23,26,28-29,34,45-46H,8-9,11-15,17-19,41-44H2,1-5H3;1H/t22?,23?,26?,28?,29?,34?,39-,40?;/m1./s1. The molecule has 6 atom stereocenters. The maximum atomic E-state index is 13.6. The molecular weight excluding hydrogens is 794 g/mol. The summed E-state index contributed by atoms with van der Waals surface area (Å²) in [7, 11) is 1.52. The molecule has 16 nitrogen and oxygen atoms in total. The highest BCUT2D eigenvalue weighted by Gasteiger charge is 2.61. The third kappa shape index (κ3) is 10.4. The fraction of sp³-hybridized carbons (Fsp3) is 0.575. The molecule has 18 heteroatoms. The van der Waals surface area contributed by atoms with Gasteiger partial charge >= 0.3 is 29.8 Å². The van der Waals surface area contributed by atoms with Crippen LogP contribution in [0.15, 0.2) is 24.3 Å². The van der Waals surface area contributed by atoms with Crippen LogP contribution in [0.1, 0.15) is 67.7 Å². The van der Waals surface area contributed by atoms with E-state index in [2.05, 4.69) is 5.32 Å². The van der Waals surface area contributed by atoms with Crippen LogP contribution in [-0.4, -0.2) is 84.2 Å². The van der Waals surface area contributed by atoms with Crippen LogP contribution in [0.4, 0.5) is 0 Å². The number of hydrogen-bond donors (Lipinski definition) is 6. The monoisotopic (exact) mass is 849 g/mol. The lowest BCUT2D eigenvalue weighted by molar-refractivity contribution is -0.274. The Morgan fingerprint density at radius 1 is 0.931 bits per heavy atom. The molecular formula is C40H56ClN5O11S. The van der Waals surface area contributed by atoms with E-state index >= 15 is 0 Å². The second kappa shape index (κ2) is 19.4. The number of likely N-dealkylation sites (N-methyl/N-ethyl adjacent to an activating group) is 1. The molecule has 4 aliphatic rings. The zero-order valence-electron chi connectivity index (χ0n) is 33.5. The molecule has 6 rings (SSSR count). The summed E-state index contributed by atoms with van der Waals surface area (Å²) < 4.78 is 17.3. The van der Waals surface area contributed by atoms with E-state index in [4.69, 9.17) is 46.9 Å². The number of phenolic OH excluding ortho intramolecular Hbond substituents is 1. The van der Waals surface area contributed by atoms with Crippen molar-refractivity contribution in [3.8, 4) is 23.0 Å². The van der Waals surface area contributed by atoms with Gasteiger partial charge < -0.3 is 47.6 Å². The van der Waals surface area contributed by atoms with Crippen LogP contribution in [0.2, 0.25) is 0 Å². The first-order chi connectivity index (χ1) is 26.9. The predicted octanol–water partition coefficient (Wildman–Crippen LogP) is 2.43. The second-order valence-corrected chi connectivity index (χ2v) is 17.1. The van der Waals surface area contributed by atoms with Crippen LogP contribution in [0, 0.1) is 37.0 Å². The third-order valence-corrected chi connectivity index (χ3v) is 12.2. The molecule has 10 N–H and O–H groups in total. The first-order valence-corrected chi connectivity index (χ1v) is 20.5. The van der Waals surface area contributed by atoms with Gasteiger partial charge in [-0.3, -0.25) is 4.79 Å². The topological polar surface area (TPSA) is 268 Å². The highest BCUT2D eigenvalue weighted by molar-refractivity contribution is 7.98. The summed E-state index contributed by atoms with van der Waals surface area (Å²) in [6.07, 6.45) is 5.96. The van der Waals surface area contributed by atoms with Crippen molar-refractivity contribution < 1.29 is 53.1 Å². The van der Waals surface area contributed by atoms with Crippen molar-refractivity contribution in [2.45, 2.75) is 95.8 Å². The van der Waals surface area contributed by atoms with Gasteiger partial charge in [0, 0.05) is 6.04 Å². The number of carbonyl (C=O) groups excluding carboxylic acids is 5. The van der Waals surface area contributed by atoms with Crippen molar-refractivity contribution in [2.24, 2.45) is 46.1 Å². The molecule has 0 aliphatic heterocycles. The lowest BCUT2D eigenvalue weighted by Gasteiger charge is -2.58. The molecule has 0 amide bonds. The van der Waals surface area contributed by atoms with E-state index < -0.39 is 64.7 Å². The second-order valence-electron chi connectivity index (χ2n) is 16.1. The Morgan fingerprint density at radius 3 is 2.19 bits per heavy atom. The molecule has 4 fully saturated rings. The number of thioether (sulfide) groups is 1. The molecule has 2 aromatic carbocycles. The summed E-state index contributed by atoms with van der Waals surface area (Å²) >= 11 is 1.47. The smallest absolute Gasteiger partial charge is 0.372 e. The number of halogens is 1. The number of rotatable bonds is 16. The van der Waals surface area contributed by atoms with Crippen LogP contribution < -0.4 is 42.5 Å². The lowest BCUT2D eigenvalue weighted by Crippen LogP contribution is -2.63. The number of phenols is 1. The van der Waals surface area contributed by atoms with Crippen molar-refractivity contribution >= 4 is 54.0 Å². The quantitative estimate of drug-likeness (QED) is 0.0613. The zero-order chi connectivity index (χ0) is 41.8. The van der Waals surface area contributed by atoms with Crippen LogP contribution in [-0.2, 0) is 46.6 Å². The number of ether oxygens (including phenoxy) is 3. The van der Waals surface area contributed by atoms with Gasteiger partial charge in [-0.15, -0.1) is 12.4 Å². The van der Waals surface area contributed by atoms with Gasteiger partial charge in [0.25, 0.3) is 0 Å². The SMILES string of the molecule is CNCC(=O)Oc1c(C)c(CC(N)C(=O)OOC(=O)C23CC4CC(CC(C4)C2N)C3)cc(OC(=O)C(N)Cc2ccc(O)cc2C)c1OC(=O)[C@](C)(N)CCSC.Cl. The number of aromatic hydroxyl groups is 1. The summed E-state index contributed by atoms with van der Waals surface area (Å²) in [5.41, 5.74) is 24.9. The van der Waals surface area contributed by atoms with E-state index in [-0.39, 0.29) is 72.5 Å². The van der Waals surface area contributed by atoms with Crippen LogP contribution >= 0.6 is 24.2 Å². The molecule has 0 heterocycles. The van der Waals surface area contributed by atoms with Gasteiger partial charge in [-0.1, -0.05) is 6.07 Å². The van der Waals surface area contributed by atoms with E-state index in [1.807, 2.05) is 6.26 Å². The molecule has 2 aromatic rings. The van der Waals surface area contributed by atoms with Crippen molar-refractivity contribution in [3.05, 3.63) is 46.5 Å². The molecule has 5 unspecified atom stereocenters. The summed E-state index contributed by atoms with van der Waals surface area (Å²) in [5, 5.41) is 12.5. The van der Waals surface area contributed by atoms with E-state index in [9.17, 15) is 29.1 Å². The highest BCUT2D eigenvalue weighted by Crippen LogP contribution is 2.60. The minimum Gasteiger partial charge on any atom is -0.508 e. The first-order valence-electron chi connectivity index (χ1n) is 19.1. The Hall–Kier alpha value is -3.97. The molecule has 58 heavy (non-hydrogen) atoms. The summed E-state index contributed by atoms with van der Waals surface area (Å²) in [6.45, 7) is 4.50. The van der Waals surface area contributed by atoms with Crippen molar-refractivity contribution in [1.29, 1.82) is 0 Å². The normalized spacial score (nSPS) is 23.7. The van der Waals surface area contributed by atoms with Gasteiger partial charge in [0.05, 0.1) is 12.0 Å². The zero-order valence-corrected chi connectivity index (χ0v) is 35.1. The number of nitrogens with one attached hydrogen (secondary N) is 1. The van der Waals surface area contributed by atoms with E-state index in [0.717, 1.165) is 19.3 Å². The Labute approximate surface area is 348 Å². The van der Waals surface area contributed by atoms with Crippen molar-refractivity contribution in [1.82, 2.24) is 5.32 Å². The van der Waals surface area contributed by atoms with Gasteiger partial charge in [-0.05, 0) is 149 Å². The Bertz CT molecular complexity index is 1870. The largest absolute Gasteiger partial charge is 0.508 e. The maximum Gasteiger partial charge on any atom is 0.372 e. The van der Waals surface area contributed by atoms with Gasteiger partial charge in [0.15, 0.2) is 11.5 Å². The number of esters is 3. The maximum absolute atomic E-state index is 13.6. The van der Waals surface area contributed by atoms with E-state index in [1.54, 1.807) is 13.0 Å². The number of aryl methyl sites for hydroxylation is 1. The predicted molar refractivity (Wildman–Crippen MR) is 217 cm³/mol. The van der Waals surface area contributed by atoms with Crippen molar-refractivity contribution in [2.75, 3.05) is 25.6 Å². The number of nitrogens with two attached hydrogens (primary N) is 4. The Kier molecular flexibility index (Phi) is 15.6. The number of carbonyl (C=O) groups is 5. The minimum absolute atomic E-state index is 0. The van der Waals surface area contributed by atoms with Gasteiger partial charge in [0.2, 0.25) is 5.75 Å². The van der Waals surface area contributed by atoms with Crippen LogP contribution in [0.25, 0.3) is 0 Å². The Balaban J connectivity index is 0.00000744. The molecule has 4 aliphatic carbocycles. The molecule has 4 bridgehead atoms. The average Bonchev–Trinajstić information content (AvgIpc) is 3.15. The van der Waals surface area contributed by atoms with Gasteiger partial charge in [-0.2, -0.15) is 11.8 Å². The van der Waals surface area contributed by atoms with Crippen molar-refractivity contribution in [3.63, 3.8) is 0 Å². The fourth-order valence-electron chi connectivity index (χ4n) is 8.53. The molecule has 320 valence electrons. The summed E-state index contributed by atoms with van der Waals surface area (Å²) in [6, 6.07) is 2.85. The molecule has 0 aromatic heterocycles. The van der Waals surface area contributed by atoms with Crippen LogP contribution in [0.5, 0.6) is 23.0 Å². The minimum atomic E-state index is -1.50. The molecule has 0 radical (unpaired) electrons. The lowest BCUT2D eigenvalue weighted by atomic mass is 9.47.